The molecule has 1 N–H and O–H groups in total. The molecule has 0 aliphatic carbocycles. The number of likely N-dealkylation sites (N-methyl/N-ethyl adjacent to an activating group) is 1. The lowest BCUT2D eigenvalue weighted by Crippen LogP contribution is -2.60. The third-order valence-corrected chi connectivity index (χ3v) is 4.24. The van der Waals surface area contributed by atoms with E-state index in [-0.39, 0.29) is 19.2 Å². The molecule has 0 radical (unpaired) electrons. The molecular formula is C13H23N3O4. The van der Waals surface area contributed by atoms with Gasteiger partial charge in [0.2, 0.25) is 0 Å². The van der Waals surface area contributed by atoms with Gasteiger partial charge in [-0.1, -0.05) is 0 Å². The monoisotopic (exact) mass is 285 g/mol. The summed E-state index contributed by atoms with van der Waals surface area (Å²) in [4.78, 5) is 29.1. The lowest BCUT2D eigenvalue weighted by Gasteiger charge is -2.44. The van der Waals surface area contributed by atoms with Crippen LogP contribution in [0.5, 0.6) is 0 Å². The number of carbonyl (C=O) groups excluding carboxylic acids is 1. The molecule has 2 fully saturated rings. The normalized spacial score (nSPS) is 32.2. The second-order valence-corrected chi connectivity index (χ2v) is 5.69. The highest BCUT2D eigenvalue weighted by atomic mass is 16.5. The first kappa shape index (κ1) is 15.1. The second-order valence-electron chi connectivity index (χ2n) is 5.69. The van der Waals surface area contributed by atoms with Gasteiger partial charge >= 0.3 is 12.0 Å². The van der Waals surface area contributed by atoms with Gasteiger partial charge in [-0.25, -0.2) is 9.59 Å². The van der Waals surface area contributed by atoms with Crippen molar-refractivity contribution >= 4 is 12.0 Å². The fourth-order valence-electron chi connectivity index (χ4n) is 2.73. The lowest BCUT2D eigenvalue weighted by molar-refractivity contribution is -0.154. The molecule has 7 heteroatoms. The van der Waals surface area contributed by atoms with E-state index in [9.17, 15) is 9.59 Å². The number of aliphatic carboxylic acids is 1. The Morgan fingerprint density at radius 1 is 1.10 bits per heavy atom. The first-order valence-electron chi connectivity index (χ1n) is 7.00. The molecule has 2 amide bonds. The maximum atomic E-state index is 12.5. The van der Waals surface area contributed by atoms with Crippen molar-refractivity contribution in [1.82, 2.24) is 14.7 Å². The Bertz CT molecular complexity index is 378. The van der Waals surface area contributed by atoms with Gasteiger partial charge in [0.15, 0.2) is 6.10 Å². The quantitative estimate of drug-likeness (QED) is 0.729. The van der Waals surface area contributed by atoms with Crippen LogP contribution in [0.25, 0.3) is 0 Å². The van der Waals surface area contributed by atoms with Crippen LogP contribution in [0, 0.1) is 0 Å². The highest BCUT2D eigenvalue weighted by Gasteiger charge is 2.35. The van der Waals surface area contributed by atoms with Gasteiger partial charge in [-0.15, -0.1) is 0 Å². The van der Waals surface area contributed by atoms with Crippen LogP contribution in [0.3, 0.4) is 0 Å². The topological polar surface area (TPSA) is 73.3 Å². The molecule has 0 aromatic heterocycles. The maximum absolute atomic E-state index is 12.5. The molecule has 114 valence electrons. The summed E-state index contributed by atoms with van der Waals surface area (Å²) in [5.74, 6) is -1.01. The van der Waals surface area contributed by atoms with Crippen LogP contribution in [0.2, 0.25) is 0 Å². The molecule has 2 saturated heterocycles. The zero-order chi connectivity index (χ0) is 14.9. The van der Waals surface area contributed by atoms with E-state index in [1.54, 1.807) is 4.90 Å². The minimum absolute atomic E-state index is 0.0775. The molecule has 0 aromatic carbocycles. The molecule has 2 rings (SSSR count). The molecule has 0 bridgehead atoms. The van der Waals surface area contributed by atoms with Gasteiger partial charge in [-0.3, -0.25) is 4.90 Å². The summed E-state index contributed by atoms with van der Waals surface area (Å²) in [6, 6.07) is 0.532. The molecule has 3 unspecified atom stereocenters. The van der Waals surface area contributed by atoms with E-state index in [4.69, 9.17) is 9.84 Å². The van der Waals surface area contributed by atoms with E-state index in [1.165, 1.54) is 0 Å². The minimum Gasteiger partial charge on any atom is -0.479 e. The summed E-state index contributed by atoms with van der Waals surface area (Å²) in [5.41, 5.74) is 0. The molecule has 7 nitrogen and oxygen atoms in total. The van der Waals surface area contributed by atoms with Gasteiger partial charge in [0.05, 0.1) is 13.2 Å². The van der Waals surface area contributed by atoms with Gasteiger partial charge in [-0.05, 0) is 20.9 Å². The SMILES string of the molecule is CC1CN(C(=O)N2CCOC(C(=O)O)C2)CC(C)N1C. The third kappa shape index (κ3) is 3.04. The van der Waals surface area contributed by atoms with Crippen LogP contribution in [0.1, 0.15) is 13.8 Å². The summed E-state index contributed by atoms with van der Waals surface area (Å²) >= 11 is 0. The van der Waals surface area contributed by atoms with Crippen molar-refractivity contribution in [2.75, 3.05) is 39.8 Å². The Morgan fingerprint density at radius 2 is 1.70 bits per heavy atom. The predicted octanol–water partition coefficient (Wildman–Crippen LogP) is -0.0838. The van der Waals surface area contributed by atoms with E-state index >= 15 is 0 Å². The number of amides is 2. The number of ether oxygens (including phenoxy) is 1. The lowest BCUT2D eigenvalue weighted by atomic mass is 10.1. The van der Waals surface area contributed by atoms with Crippen molar-refractivity contribution in [2.45, 2.75) is 32.0 Å². The Hall–Kier alpha value is -1.34. The first-order chi connectivity index (χ1) is 9.40. The number of urea groups is 1. The van der Waals surface area contributed by atoms with Crippen molar-refractivity contribution in [3.63, 3.8) is 0 Å². The van der Waals surface area contributed by atoms with Crippen molar-refractivity contribution in [2.24, 2.45) is 0 Å². The average Bonchev–Trinajstić information content (AvgIpc) is 2.43. The molecule has 0 spiro atoms. The van der Waals surface area contributed by atoms with E-state index in [0.29, 0.717) is 31.7 Å². The summed E-state index contributed by atoms with van der Waals surface area (Å²) in [6.07, 6.45) is -0.907. The van der Waals surface area contributed by atoms with Crippen LogP contribution in [-0.4, -0.2) is 89.8 Å². The van der Waals surface area contributed by atoms with Gasteiger partial charge < -0.3 is 19.6 Å². The number of carbonyl (C=O) groups is 2. The highest BCUT2D eigenvalue weighted by Crippen LogP contribution is 2.16. The van der Waals surface area contributed by atoms with Crippen LogP contribution in [-0.2, 0) is 9.53 Å². The number of hydrogen-bond donors (Lipinski definition) is 1. The zero-order valence-electron chi connectivity index (χ0n) is 12.3. The van der Waals surface area contributed by atoms with Gasteiger partial charge in [-0.2, -0.15) is 0 Å². The van der Waals surface area contributed by atoms with Crippen molar-refractivity contribution in [3.8, 4) is 0 Å². The number of carboxylic acid groups (broad SMARTS) is 1. The molecular weight excluding hydrogens is 262 g/mol. The summed E-state index contributed by atoms with van der Waals surface area (Å²) in [5, 5.41) is 8.98. The van der Waals surface area contributed by atoms with E-state index in [2.05, 4.69) is 25.8 Å². The Labute approximate surface area is 119 Å². The van der Waals surface area contributed by atoms with E-state index in [0.717, 1.165) is 0 Å². The Balaban J connectivity index is 1.98. The van der Waals surface area contributed by atoms with Crippen LogP contribution in [0.4, 0.5) is 4.79 Å². The van der Waals surface area contributed by atoms with Gasteiger partial charge in [0.1, 0.15) is 0 Å². The number of hydrogen-bond acceptors (Lipinski definition) is 4. The number of nitrogens with zero attached hydrogens (tertiary/aromatic N) is 3. The molecule has 2 aliphatic rings. The predicted molar refractivity (Wildman–Crippen MR) is 72.6 cm³/mol. The average molecular weight is 285 g/mol. The summed E-state index contributed by atoms with van der Waals surface area (Å²) < 4.78 is 5.15. The fourth-order valence-corrected chi connectivity index (χ4v) is 2.73. The summed E-state index contributed by atoms with van der Waals surface area (Å²) in [7, 11) is 2.06. The minimum atomic E-state index is -1.01. The molecule has 0 saturated carbocycles. The number of carboxylic acids is 1. The summed E-state index contributed by atoms with van der Waals surface area (Å²) in [6.45, 7) is 6.40. The molecule has 0 aromatic rings. The van der Waals surface area contributed by atoms with Crippen LogP contribution < -0.4 is 0 Å². The largest absolute Gasteiger partial charge is 0.479 e. The van der Waals surface area contributed by atoms with Gasteiger partial charge in [0.25, 0.3) is 0 Å². The third-order valence-electron chi connectivity index (χ3n) is 4.24. The highest BCUT2D eigenvalue weighted by molar-refractivity contribution is 5.77. The molecule has 20 heavy (non-hydrogen) atoms. The Kier molecular flexibility index (Phi) is 4.49. The second kappa shape index (κ2) is 5.97. The first-order valence-corrected chi connectivity index (χ1v) is 7.00. The van der Waals surface area contributed by atoms with Gasteiger partial charge in [0, 0.05) is 31.7 Å². The standard InChI is InChI=1S/C13H23N3O4/c1-9-6-16(7-10(2)14(9)3)13(19)15-4-5-20-11(8-15)12(17)18/h9-11H,4-8H2,1-3H3,(H,17,18). The number of morpholine rings is 1. The van der Waals surface area contributed by atoms with Crippen LogP contribution >= 0.6 is 0 Å². The van der Waals surface area contributed by atoms with Crippen molar-refractivity contribution in [1.29, 1.82) is 0 Å². The molecule has 3 atom stereocenters. The smallest absolute Gasteiger partial charge is 0.334 e. The fraction of sp³-hybridized carbons (Fsp3) is 0.846. The number of piperazine rings is 1. The Morgan fingerprint density at radius 3 is 2.25 bits per heavy atom. The molecule has 2 aliphatic heterocycles. The van der Waals surface area contributed by atoms with E-state index in [1.807, 2.05) is 4.90 Å². The van der Waals surface area contributed by atoms with E-state index < -0.39 is 12.1 Å². The maximum Gasteiger partial charge on any atom is 0.334 e. The molecule has 2 heterocycles. The van der Waals surface area contributed by atoms with Crippen molar-refractivity contribution in [3.05, 3.63) is 0 Å². The van der Waals surface area contributed by atoms with Crippen molar-refractivity contribution < 1.29 is 19.4 Å². The van der Waals surface area contributed by atoms with Crippen LogP contribution in [0.15, 0.2) is 0 Å². The zero-order valence-corrected chi connectivity index (χ0v) is 12.3. The number of rotatable bonds is 1.